The highest BCUT2D eigenvalue weighted by Crippen LogP contribution is 2.26. The highest BCUT2D eigenvalue weighted by Gasteiger charge is 2.19. The normalized spacial score (nSPS) is 23.5. The number of rotatable bonds is 3. The molecule has 1 atom stereocenters. The van der Waals surface area contributed by atoms with E-state index in [9.17, 15) is 0 Å². The van der Waals surface area contributed by atoms with E-state index in [1.54, 1.807) is 7.11 Å². The molecular formula is C9H19NO. The van der Waals surface area contributed by atoms with Crippen LogP contribution in [-0.4, -0.2) is 13.2 Å². The van der Waals surface area contributed by atoms with Crippen molar-refractivity contribution in [2.75, 3.05) is 7.11 Å². The van der Waals surface area contributed by atoms with E-state index in [0.717, 1.165) is 5.92 Å². The van der Waals surface area contributed by atoms with Crippen LogP contribution in [0.15, 0.2) is 0 Å². The second kappa shape index (κ2) is 4.73. The van der Waals surface area contributed by atoms with Crippen molar-refractivity contribution in [3.8, 4) is 0 Å². The van der Waals surface area contributed by atoms with Gasteiger partial charge in [-0.1, -0.05) is 19.3 Å². The largest absolute Gasteiger partial charge is 0.305 e. The average molecular weight is 157 g/mol. The Morgan fingerprint density at radius 1 is 1.27 bits per heavy atom. The highest BCUT2D eigenvalue weighted by molar-refractivity contribution is 4.73. The molecule has 2 nitrogen and oxygen atoms in total. The van der Waals surface area contributed by atoms with Gasteiger partial charge in [0.25, 0.3) is 0 Å². The summed E-state index contributed by atoms with van der Waals surface area (Å²) in [6.45, 7) is 2.21. The molecule has 0 aromatic heterocycles. The second-order valence-corrected chi connectivity index (χ2v) is 3.51. The molecule has 0 spiro atoms. The minimum atomic E-state index is 0.528. The molecule has 1 aliphatic rings. The van der Waals surface area contributed by atoms with Crippen LogP contribution in [0.2, 0.25) is 0 Å². The Labute approximate surface area is 69.3 Å². The van der Waals surface area contributed by atoms with Crippen LogP contribution in [-0.2, 0) is 4.84 Å². The van der Waals surface area contributed by atoms with Crippen LogP contribution in [0.3, 0.4) is 0 Å². The summed E-state index contributed by atoms with van der Waals surface area (Å²) in [6, 6.07) is 0.528. The molecule has 1 aliphatic carbocycles. The zero-order chi connectivity index (χ0) is 8.10. The molecule has 1 fully saturated rings. The van der Waals surface area contributed by atoms with Crippen LogP contribution in [0.4, 0.5) is 0 Å². The summed E-state index contributed by atoms with van der Waals surface area (Å²) in [5, 5.41) is 0. The molecule has 1 rings (SSSR count). The molecule has 11 heavy (non-hydrogen) atoms. The molecule has 0 aliphatic heterocycles. The van der Waals surface area contributed by atoms with Gasteiger partial charge in [0.15, 0.2) is 0 Å². The van der Waals surface area contributed by atoms with Crippen LogP contribution >= 0.6 is 0 Å². The Bertz CT molecular complexity index is 99.7. The lowest BCUT2D eigenvalue weighted by molar-refractivity contribution is 0.0405. The lowest BCUT2D eigenvalue weighted by Gasteiger charge is -2.27. The molecule has 2 heteroatoms. The van der Waals surface area contributed by atoms with Crippen LogP contribution in [0.25, 0.3) is 0 Å². The first kappa shape index (κ1) is 9.01. The monoisotopic (exact) mass is 157 g/mol. The number of nitrogens with one attached hydrogen (secondary N) is 1. The molecule has 0 amide bonds. The Morgan fingerprint density at radius 2 is 1.91 bits per heavy atom. The van der Waals surface area contributed by atoms with E-state index in [1.165, 1.54) is 32.1 Å². The first-order valence-electron chi connectivity index (χ1n) is 4.63. The lowest BCUT2D eigenvalue weighted by Crippen LogP contribution is -2.33. The average Bonchev–Trinajstić information content (AvgIpc) is 2.07. The van der Waals surface area contributed by atoms with E-state index < -0.39 is 0 Å². The van der Waals surface area contributed by atoms with Gasteiger partial charge in [0.2, 0.25) is 0 Å². The van der Waals surface area contributed by atoms with Gasteiger partial charge in [-0.2, -0.15) is 5.48 Å². The molecule has 0 bridgehead atoms. The first-order chi connectivity index (χ1) is 5.34. The van der Waals surface area contributed by atoms with Crippen molar-refractivity contribution in [1.29, 1.82) is 0 Å². The van der Waals surface area contributed by atoms with Gasteiger partial charge in [-0.05, 0) is 25.7 Å². The van der Waals surface area contributed by atoms with Crippen LogP contribution in [0.1, 0.15) is 39.0 Å². The Hall–Kier alpha value is -0.0800. The summed E-state index contributed by atoms with van der Waals surface area (Å²) in [4.78, 5) is 4.91. The summed E-state index contributed by atoms with van der Waals surface area (Å²) < 4.78 is 0. The van der Waals surface area contributed by atoms with Crippen LogP contribution in [0, 0.1) is 5.92 Å². The third-order valence-electron chi connectivity index (χ3n) is 2.66. The van der Waals surface area contributed by atoms with E-state index in [-0.39, 0.29) is 0 Å². The first-order valence-corrected chi connectivity index (χ1v) is 4.63. The lowest BCUT2D eigenvalue weighted by atomic mass is 9.85. The van der Waals surface area contributed by atoms with Crippen molar-refractivity contribution in [3.05, 3.63) is 0 Å². The van der Waals surface area contributed by atoms with Gasteiger partial charge in [-0.15, -0.1) is 0 Å². The molecule has 0 saturated heterocycles. The minimum Gasteiger partial charge on any atom is -0.305 e. The summed E-state index contributed by atoms with van der Waals surface area (Å²) in [5.74, 6) is 0.837. The van der Waals surface area contributed by atoms with E-state index in [4.69, 9.17) is 4.84 Å². The highest BCUT2D eigenvalue weighted by atomic mass is 16.6. The maximum Gasteiger partial charge on any atom is 0.0572 e. The fourth-order valence-electron chi connectivity index (χ4n) is 1.92. The van der Waals surface area contributed by atoms with Gasteiger partial charge in [-0.3, -0.25) is 0 Å². The predicted molar refractivity (Wildman–Crippen MR) is 46.2 cm³/mol. The van der Waals surface area contributed by atoms with Gasteiger partial charge in [0, 0.05) is 6.04 Å². The SMILES string of the molecule is CON[C@H](C)C1CCCCC1. The van der Waals surface area contributed by atoms with E-state index >= 15 is 0 Å². The summed E-state index contributed by atoms with van der Waals surface area (Å²) in [5.41, 5.74) is 3.02. The Balaban J connectivity index is 2.21. The van der Waals surface area contributed by atoms with Crippen molar-refractivity contribution in [3.63, 3.8) is 0 Å². The van der Waals surface area contributed by atoms with Crippen molar-refractivity contribution in [2.24, 2.45) is 5.92 Å². The topological polar surface area (TPSA) is 21.3 Å². The fraction of sp³-hybridized carbons (Fsp3) is 1.00. The molecule has 0 aromatic carbocycles. The van der Waals surface area contributed by atoms with Gasteiger partial charge < -0.3 is 4.84 Å². The molecule has 1 N–H and O–H groups in total. The smallest absolute Gasteiger partial charge is 0.0572 e. The number of hydroxylamine groups is 1. The zero-order valence-corrected chi connectivity index (χ0v) is 7.60. The van der Waals surface area contributed by atoms with E-state index in [0.29, 0.717) is 6.04 Å². The second-order valence-electron chi connectivity index (χ2n) is 3.51. The molecule has 0 radical (unpaired) electrons. The standard InChI is InChI=1S/C9H19NO/c1-8(10-11-2)9-6-4-3-5-7-9/h8-10H,3-7H2,1-2H3/t8-/m1/s1. The molecule has 0 heterocycles. The summed E-state index contributed by atoms with van der Waals surface area (Å²) >= 11 is 0. The van der Waals surface area contributed by atoms with Crippen LogP contribution in [0.5, 0.6) is 0 Å². The number of hydrogen-bond donors (Lipinski definition) is 1. The maximum atomic E-state index is 4.91. The quantitative estimate of drug-likeness (QED) is 0.633. The maximum absolute atomic E-state index is 4.91. The predicted octanol–water partition coefficient (Wildman–Crippen LogP) is 2.11. The molecule has 1 saturated carbocycles. The fourth-order valence-corrected chi connectivity index (χ4v) is 1.92. The van der Waals surface area contributed by atoms with Crippen molar-refractivity contribution in [2.45, 2.75) is 45.1 Å². The van der Waals surface area contributed by atoms with Gasteiger partial charge >= 0.3 is 0 Å². The van der Waals surface area contributed by atoms with Crippen LogP contribution < -0.4 is 5.48 Å². The Morgan fingerprint density at radius 3 is 2.45 bits per heavy atom. The minimum absolute atomic E-state index is 0.528. The molecule has 66 valence electrons. The van der Waals surface area contributed by atoms with Crippen molar-refractivity contribution >= 4 is 0 Å². The Kier molecular flexibility index (Phi) is 3.87. The van der Waals surface area contributed by atoms with Gasteiger partial charge in [0.1, 0.15) is 0 Å². The zero-order valence-electron chi connectivity index (χ0n) is 7.60. The number of hydrogen-bond acceptors (Lipinski definition) is 2. The van der Waals surface area contributed by atoms with Gasteiger partial charge in [-0.25, -0.2) is 0 Å². The molecule has 0 aromatic rings. The van der Waals surface area contributed by atoms with E-state index in [1.807, 2.05) is 0 Å². The summed E-state index contributed by atoms with van der Waals surface area (Å²) in [7, 11) is 1.69. The van der Waals surface area contributed by atoms with Crippen molar-refractivity contribution in [1.82, 2.24) is 5.48 Å². The van der Waals surface area contributed by atoms with Crippen molar-refractivity contribution < 1.29 is 4.84 Å². The van der Waals surface area contributed by atoms with Gasteiger partial charge in [0.05, 0.1) is 7.11 Å². The summed E-state index contributed by atoms with van der Waals surface area (Å²) in [6.07, 6.45) is 6.98. The molecular weight excluding hydrogens is 138 g/mol. The third kappa shape index (κ3) is 2.80. The van der Waals surface area contributed by atoms with E-state index in [2.05, 4.69) is 12.4 Å². The third-order valence-corrected chi connectivity index (χ3v) is 2.66. The molecule has 0 unspecified atom stereocenters.